The Kier molecular flexibility index (Phi) is 6.15. The maximum atomic E-state index is 12.6. The number of thiazole rings is 2. The maximum absolute atomic E-state index is 12.6. The van der Waals surface area contributed by atoms with E-state index >= 15 is 0 Å². The number of hydrogen-bond donors (Lipinski definition) is 1. The summed E-state index contributed by atoms with van der Waals surface area (Å²) in [4.78, 5) is 35.9. The van der Waals surface area contributed by atoms with Gasteiger partial charge in [-0.1, -0.05) is 47.6 Å². The highest BCUT2D eigenvalue weighted by atomic mass is 32.1. The van der Waals surface area contributed by atoms with E-state index in [1.165, 1.54) is 22.7 Å². The number of carbonyl (C=O) groups excluding carboxylic acids is 2. The largest absolute Gasteiger partial charge is 0.332 e. The first-order chi connectivity index (χ1) is 16.2. The normalized spacial score (nSPS) is 14.0. The van der Waals surface area contributed by atoms with E-state index in [0.29, 0.717) is 23.9 Å². The maximum Gasteiger partial charge on any atom is 0.298 e. The number of aromatic nitrogens is 2. The van der Waals surface area contributed by atoms with Gasteiger partial charge in [-0.25, -0.2) is 9.97 Å². The predicted octanol–water partition coefficient (Wildman–Crippen LogP) is 4.76. The molecule has 5 rings (SSSR count). The van der Waals surface area contributed by atoms with E-state index < -0.39 is 0 Å². The summed E-state index contributed by atoms with van der Waals surface area (Å²) in [5.41, 5.74) is 2.10. The van der Waals surface area contributed by atoms with Crippen LogP contribution >= 0.6 is 22.7 Å². The van der Waals surface area contributed by atoms with Crippen LogP contribution < -0.4 is 5.32 Å². The lowest BCUT2D eigenvalue weighted by molar-refractivity contribution is -0.126. The van der Waals surface area contributed by atoms with Crippen molar-refractivity contribution in [2.45, 2.75) is 18.8 Å². The molecule has 0 atom stereocenters. The van der Waals surface area contributed by atoms with Crippen LogP contribution in [0.3, 0.4) is 0 Å². The summed E-state index contributed by atoms with van der Waals surface area (Å²) in [5, 5.41) is 6.16. The number of anilines is 1. The van der Waals surface area contributed by atoms with Crippen LogP contribution in [-0.4, -0.2) is 39.8 Å². The van der Waals surface area contributed by atoms with Crippen LogP contribution in [-0.2, 0) is 4.79 Å². The molecule has 1 saturated heterocycles. The van der Waals surface area contributed by atoms with Crippen LogP contribution in [0.15, 0.2) is 60.0 Å². The van der Waals surface area contributed by atoms with Gasteiger partial charge in [-0.05, 0) is 37.1 Å². The molecule has 0 radical (unpaired) electrons. The number of hydrogen-bond acceptors (Lipinski definition) is 6. The Hall–Kier alpha value is -3.54. The number of carbonyl (C=O) groups is 2. The Bertz CT molecular complexity index is 1330. The molecule has 164 valence electrons. The van der Waals surface area contributed by atoms with Crippen LogP contribution in [0, 0.1) is 11.8 Å². The van der Waals surface area contributed by atoms with Crippen molar-refractivity contribution in [1.29, 1.82) is 0 Å². The van der Waals surface area contributed by atoms with E-state index in [0.717, 1.165) is 33.6 Å². The highest BCUT2D eigenvalue weighted by molar-refractivity contribution is 7.22. The molecule has 1 aliphatic heterocycles. The van der Waals surface area contributed by atoms with Gasteiger partial charge in [-0.2, -0.15) is 0 Å². The molecular formula is C25H20N4O2S2. The second kappa shape index (κ2) is 9.53. The predicted molar refractivity (Wildman–Crippen MR) is 132 cm³/mol. The molecule has 4 aromatic rings. The lowest BCUT2D eigenvalue weighted by Gasteiger charge is -2.29. The second-order valence-electron chi connectivity index (χ2n) is 7.69. The number of benzene rings is 2. The molecule has 0 saturated carbocycles. The zero-order valence-corrected chi connectivity index (χ0v) is 19.3. The van der Waals surface area contributed by atoms with Crippen molar-refractivity contribution in [1.82, 2.24) is 14.9 Å². The standard InChI is InChI=1S/C25H20N4O2S2/c30-22(11-10-17-6-2-1-3-7-17)29-14-12-18(13-15-29)24-26-20(16-32-24)23(31)28-25-27-19-8-4-5-9-21(19)33-25/h1-9,16,18H,12-15H2,(H,27,28,31). The van der Waals surface area contributed by atoms with Gasteiger partial charge in [0, 0.05) is 35.9 Å². The van der Waals surface area contributed by atoms with Crippen LogP contribution in [0.5, 0.6) is 0 Å². The number of nitrogens with zero attached hydrogens (tertiary/aromatic N) is 3. The van der Waals surface area contributed by atoms with E-state index in [1.807, 2.05) is 54.6 Å². The van der Waals surface area contributed by atoms with E-state index in [2.05, 4.69) is 27.1 Å². The lowest BCUT2D eigenvalue weighted by Crippen LogP contribution is -2.37. The summed E-state index contributed by atoms with van der Waals surface area (Å²) in [5.74, 6) is 5.51. The van der Waals surface area contributed by atoms with Gasteiger partial charge in [0.25, 0.3) is 11.8 Å². The summed E-state index contributed by atoms with van der Waals surface area (Å²) in [6.45, 7) is 1.28. The minimum atomic E-state index is -0.250. The van der Waals surface area contributed by atoms with E-state index in [-0.39, 0.29) is 17.7 Å². The first kappa shape index (κ1) is 21.3. The summed E-state index contributed by atoms with van der Waals surface area (Å²) in [6, 6.07) is 17.3. The Morgan fingerprint density at radius 1 is 1.00 bits per heavy atom. The fourth-order valence-electron chi connectivity index (χ4n) is 3.72. The first-order valence-corrected chi connectivity index (χ1v) is 12.3. The van der Waals surface area contributed by atoms with Crippen LogP contribution in [0.4, 0.5) is 5.13 Å². The molecule has 0 spiro atoms. The minimum absolute atomic E-state index is 0.146. The molecule has 3 heterocycles. The Labute approximate surface area is 199 Å². The molecule has 8 heteroatoms. The molecule has 1 aliphatic rings. The molecule has 0 unspecified atom stereocenters. The lowest BCUT2D eigenvalue weighted by atomic mass is 9.97. The number of piperidine rings is 1. The van der Waals surface area contributed by atoms with Gasteiger partial charge < -0.3 is 4.90 Å². The molecular weight excluding hydrogens is 452 g/mol. The minimum Gasteiger partial charge on any atom is -0.332 e. The Morgan fingerprint density at radius 2 is 1.76 bits per heavy atom. The van der Waals surface area contributed by atoms with Gasteiger partial charge in [0.05, 0.1) is 15.2 Å². The van der Waals surface area contributed by atoms with Crippen LogP contribution in [0.2, 0.25) is 0 Å². The fraction of sp³-hybridized carbons (Fsp3) is 0.200. The van der Waals surface area contributed by atoms with Crippen molar-refractivity contribution >= 4 is 49.8 Å². The highest BCUT2D eigenvalue weighted by Crippen LogP contribution is 2.31. The van der Waals surface area contributed by atoms with E-state index in [1.54, 1.807) is 10.3 Å². The number of nitrogens with one attached hydrogen (secondary N) is 1. The molecule has 2 amide bonds. The third-order valence-corrected chi connectivity index (χ3v) is 7.45. The van der Waals surface area contributed by atoms with Crippen molar-refractivity contribution < 1.29 is 9.59 Å². The number of para-hydroxylation sites is 1. The van der Waals surface area contributed by atoms with Crippen molar-refractivity contribution in [3.63, 3.8) is 0 Å². The molecule has 6 nitrogen and oxygen atoms in total. The molecule has 2 aromatic carbocycles. The van der Waals surface area contributed by atoms with Crippen LogP contribution in [0.25, 0.3) is 10.2 Å². The number of fused-ring (bicyclic) bond motifs is 1. The Balaban J connectivity index is 1.17. The molecule has 0 aliphatic carbocycles. The second-order valence-corrected chi connectivity index (χ2v) is 9.61. The van der Waals surface area contributed by atoms with Gasteiger partial charge in [-0.3, -0.25) is 14.9 Å². The van der Waals surface area contributed by atoms with Crippen molar-refractivity contribution in [2.75, 3.05) is 18.4 Å². The van der Waals surface area contributed by atoms with Gasteiger partial charge in [0.1, 0.15) is 5.69 Å². The molecule has 33 heavy (non-hydrogen) atoms. The smallest absolute Gasteiger partial charge is 0.298 e. The summed E-state index contributed by atoms with van der Waals surface area (Å²) >= 11 is 2.94. The van der Waals surface area contributed by atoms with Gasteiger partial charge in [0.15, 0.2) is 5.13 Å². The molecule has 1 fully saturated rings. The van der Waals surface area contributed by atoms with Gasteiger partial charge in [0.2, 0.25) is 0 Å². The molecule has 0 bridgehead atoms. The van der Waals surface area contributed by atoms with Crippen molar-refractivity contribution in [2.24, 2.45) is 0 Å². The van der Waals surface area contributed by atoms with E-state index in [4.69, 9.17) is 0 Å². The summed E-state index contributed by atoms with van der Waals surface area (Å²) < 4.78 is 1.03. The number of rotatable bonds is 3. The molecule has 2 aromatic heterocycles. The molecule has 1 N–H and O–H groups in total. The van der Waals surface area contributed by atoms with Crippen molar-refractivity contribution in [3.05, 3.63) is 76.2 Å². The quantitative estimate of drug-likeness (QED) is 0.436. The monoisotopic (exact) mass is 472 g/mol. The Morgan fingerprint density at radius 3 is 2.55 bits per heavy atom. The van der Waals surface area contributed by atoms with Gasteiger partial charge >= 0.3 is 0 Å². The number of likely N-dealkylation sites (tertiary alicyclic amines) is 1. The average molecular weight is 473 g/mol. The SMILES string of the molecule is O=C(Nc1nc2ccccc2s1)c1csc(C2CCN(C(=O)C#Cc3ccccc3)CC2)n1. The summed E-state index contributed by atoms with van der Waals surface area (Å²) in [7, 11) is 0. The number of amides is 2. The zero-order chi connectivity index (χ0) is 22.6. The third kappa shape index (κ3) is 4.95. The van der Waals surface area contributed by atoms with E-state index in [9.17, 15) is 9.59 Å². The summed E-state index contributed by atoms with van der Waals surface area (Å²) in [6.07, 6.45) is 1.62. The topological polar surface area (TPSA) is 75.2 Å². The van der Waals surface area contributed by atoms with Gasteiger partial charge in [-0.15, -0.1) is 11.3 Å². The third-order valence-electron chi connectivity index (χ3n) is 5.49. The fourth-order valence-corrected chi connectivity index (χ4v) is 5.55. The van der Waals surface area contributed by atoms with Crippen LogP contribution in [0.1, 0.15) is 39.8 Å². The zero-order valence-electron chi connectivity index (χ0n) is 17.7. The highest BCUT2D eigenvalue weighted by Gasteiger charge is 2.26. The first-order valence-electron chi connectivity index (χ1n) is 10.6. The van der Waals surface area contributed by atoms with Crippen molar-refractivity contribution in [3.8, 4) is 11.8 Å². The average Bonchev–Trinajstić information content (AvgIpc) is 3.50.